The van der Waals surface area contributed by atoms with E-state index in [4.69, 9.17) is 4.74 Å². The molecule has 0 unspecified atom stereocenters. The van der Waals surface area contributed by atoms with Gasteiger partial charge in [-0.3, -0.25) is 0 Å². The van der Waals surface area contributed by atoms with Crippen molar-refractivity contribution in [3.8, 4) is 0 Å². The van der Waals surface area contributed by atoms with E-state index in [2.05, 4.69) is 6.07 Å². The third kappa shape index (κ3) is 0.894. The Morgan fingerprint density at radius 3 is 3.07 bits per heavy atom. The molecule has 0 bridgehead atoms. The molecule has 0 amide bonds. The summed E-state index contributed by atoms with van der Waals surface area (Å²) in [6.07, 6.45) is 0.549. The van der Waals surface area contributed by atoms with E-state index in [0.29, 0.717) is 6.61 Å². The lowest BCUT2D eigenvalue weighted by molar-refractivity contribution is 0.139. The molecule has 14 heavy (non-hydrogen) atoms. The maximum atomic E-state index is 11.5. The number of cyclic esters (lactones) is 1. The van der Waals surface area contributed by atoms with Gasteiger partial charge in [-0.15, -0.1) is 0 Å². The van der Waals surface area contributed by atoms with Crippen LogP contribution in [0.1, 0.15) is 5.69 Å². The summed E-state index contributed by atoms with van der Waals surface area (Å²) in [6.45, 7) is 0.495. The quantitative estimate of drug-likeness (QED) is 0.633. The smallest absolute Gasteiger partial charge is 0.418 e. The second-order valence-corrected chi connectivity index (χ2v) is 3.39. The van der Waals surface area contributed by atoms with Gasteiger partial charge in [0, 0.05) is 17.5 Å². The van der Waals surface area contributed by atoms with Gasteiger partial charge >= 0.3 is 6.09 Å². The molecule has 0 aliphatic carbocycles. The summed E-state index contributed by atoms with van der Waals surface area (Å²) in [5.74, 6) is 0. The zero-order valence-corrected chi connectivity index (χ0v) is 7.56. The zero-order valence-electron chi connectivity index (χ0n) is 7.56. The van der Waals surface area contributed by atoms with Crippen LogP contribution in [-0.4, -0.2) is 17.3 Å². The van der Waals surface area contributed by atoms with Crippen LogP contribution < -0.4 is 0 Å². The van der Waals surface area contributed by atoms with Crippen LogP contribution in [-0.2, 0) is 11.2 Å². The van der Waals surface area contributed by atoms with Gasteiger partial charge in [0.2, 0.25) is 0 Å². The molecule has 0 saturated carbocycles. The van der Waals surface area contributed by atoms with Crippen LogP contribution >= 0.6 is 0 Å². The van der Waals surface area contributed by atoms with Gasteiger partial charge in [0.25, 0.3) is 0 Å². The lowest BCUT2D eigenvalue weighted by Gasteiger charge is -2.14. The largest absolute Gasteiger partial charge is 0.448 e. The average Bonchev–Trinajstić information content (AvgIpc) is 2.57. The van der Waals surface area contributed by atoms with Crippen LogP contribution in [0.25, 0.3) is 10.9 Å². The zero-order chi connectivity index (χ0) is 9.54. The van der Waals surface area contributed by atoms with E-state index >= 15 is 0 Å². The van der Waals surface area contributed by atoms with Gasteiger partial charge < -0.3 is 4.74 Å². The molecule has 2 heterocycles. The van der Waals surface area contributed by atoms with Gasteiger partial charge in [0.15, 0.2) is 0 Å². The van der Waals surface area contributed by atoms with E-state index in [-0.39, 0.29) is 6.09 Å². The van der Waals surface area contributed by atoms with Crippen molar-refractivity contribution < 1.29 is 9.53 Å². The number of hydrogen-bond acceptors (Lipinski definition) is 2. The van der Waals surface area contributed by atoms with E-state index in [9.17, 15) is 4.79 Å². The molecule has 1 aromatic heterocycles. The predicted octanol–water partition coefficient (Wildman–Crippen LogP) is 2.18. The fourth-order valence-electron chi connectivity index (χ4n) is 1.92. The highest BCUT2D eigenvalue weighted by Crippen LogP contribution is 2.22. The van der Waals surface area contributed by atoms with Crippen molar-refractivity contribution in [1.82, 2.24) is 4.57 Å². The monoisotopic (exact) mass is 187 g/mol. The molecule has 0 N–H and O–H groups in total. The van der Waals surface area contributed by atoms with E-state index in [1.165, 1.54) is 0 Å². The summed E-state index contributed by atoms with van der Waals surface area (Å²) < 4.78 is 6.65. The van der Waals surface area contributed by atoms with Gasteiger partial charge in [0.1, 0.15) is 0 Å². The molecule has 0 radical (unpaired) electrons. The molecular weight excluding hydrogens is 178 g/mol. The summed E-state index contributed by atoms with van der Waals surface area (Å²) in [7, 11) is 0. The Morgan fingerprint density at radius 2 is 2.14 bits per heavy atom. The average molecular weight is 187 g/mol. The number of ether oxygens (including phenoxy) is 1. The number of rotatable bonds is 0. The Labute approximate surface area is 80.9 Å². The van der Waals surface area contributed by atoms with Crippen LogP contribution in [0.5, 0.6) is 0 Å². The Balaban J connectivity index is 2.39. The second kappa shape index (κ2) is 2.61. The highest BCUT2D eigenvalue weighted by Gasteiger charge is 2.19. The van der Waals surface area contributed by atoms with Crippen molar-refractivity contribution in [3.05, 3.63) is 36.0 Å². The molecule has 0 saturated heterocycles. The summed E-state index contributed by atoms with van der Waals surface area (Å²) in [5.41, 5.74) is 1.98. The standard InChI is InChI=1S/C11H9NO2/c13-11-12-9(5-6-14-11)7-8-3-1-2-4-10(8)12/h1-4,7H,5-6H2. The molecule has 1 aliphatic rings. The van der Waals surface area contributed by atoms with Crippen molar-refractivity contribution in [3.63, 3.8) is 0 Å². The minimum absolute atomic E-state index is 0.257. The summed E-state index contributed by atoms with van der Waals surface area (Å²) in [4.78, 5) is 11.5. The molecule has 70 valence electrons. The maximum Gasteiger partial charge on any atom is 0.418 e. The molecule has 3 rings (SSSR count). The van der Waals surface area contributed by atoms with Crippen molar-refractivity contribution in [2.45, 2.75) is 6.42 Å². The number of hydrogen-bond donors (Lipinski definition) is 0. The van der Waals surface area contributed by atoms with E-state index < -0.39 is 0 Å². The normalized spacial score (nSPS) is 15.3. The molecular formula is C11H9NO2. The van der Waals surface area contributed by atoms with Crippen molar-refractivity contribution in [2.24, 2.45) is 0 Å². The fourth-order valence-corrected chi connectivity index (χ4v) is 1.92. The highest BCUT2D eigenvalue weighted by molar-refractivity contribution is 5.91. The number of aromatic nitrogens is 1. The van der Waals surface area contributed by atoms with Crippen LogP contribution in [0.4, 0.5) is 4.79 Å². The molecule has 1 aliphatic heterocycles. The first-order valence-corrected chi connectivity index (χ1v) is 4.63. The summed E-state index contributed by atoms with van der Waals surface area (Å²) in [6, 6.07) is 9.90. The molecule has 0 atom stereocenters. The second-order valence-electron chi connectivity index (χ2n) is 3.39. The fraction of sp³-hybridized carbons (Fsp3) is 0.182. The van der Waals surface area contributed by atoms with Crippen molar-refractivity contribution >= 4 is 17.0 Å². The summed E-state index contributed by atoms with van der Waals surface area (Å²) in [5, 5.41) is 1.10. The number of carbonyl (C=O) groups is 1. The number of carbonyl (C=O) groups excluding carboxylic acids is 1. The van der Waals surface area contributed by atoms with Crippen LogP contribution in [0.3, 0.4) is 0 Å². The number of benzene rings is 1. The third-order valence-electron chi connectivity index (χ3n) is 2.55. The highest BCUT2D eigenvalue weighted by atomic mass is 16.6. The van der Waals surface area contributed by atoms with Crippen LogP contribution in [0, 0.1) is 0 Å². The third-order valence-corrected chi connectivity index (χ3v) is 2.55. The Kier molecular flexibility index (Phi) is 1.42. The first kappa shape index (κ1) is 7.62. The maximum absolute atomic E-state index is 11.5. The Bertz CT molecular complexity index is 513. The van der Waals surface area contributed by atoms with E-state index in [0.717, 1.165) is 23.0 Å². The molecule has 3 nitrogen and oxygen atoms in total. The van der Waals surface area contributed by atoms with Gasteiger partial charge in [-0.25, -0.2) is 9.36 Å². The van der Waals surface area contributed by atoms with Gasteiger partial charge in [-0.1, -0.05) is 18.2 Å². The minimum Gasteiger partial charge on any atom is -0.448 e. The van der Waals surface area contributed by atoms with E-state index in [1.807, 2.05) is 24.3 Å². The topological polar surface area (TPSA) is 31.2 Å². The molecule has 0 spiro atoms. The number of para-hydroxylation sites is 1. The van der Waals surface area contributed by atoms with Gasteiger partial charge in [-0.05, 0) is 12.1 Å². The summed E-state index contributed by atoms with van der Waals surface area (Å²) >= 11 is 0. The van der Waals surface area contributed by atoms with Crippen molar-refractivity contribution in [2.75, 3.05) is 6.61 Å². The first-order chi connectivity index (χ1) is 6.86. The Morgan fingerprint density at radius 1 is 1.29 bits per heavy atom. The lowest BCUT2D eigenvalue weighted by atomic mass is 10.2. The molecule has 2 aromatic rings. The Hall–Kier alpha value is -1.77. The number of nitrogens with zero attached hydrogens (tertiary/aromatic N) is 1. The lowest BCUT2D eigenvalue weighted by Crippen LogP contribution is -2.23. The first-order valence-electron chi connectivity index (χ1n) is 4.63. The van der Waals surface area contributed by atoms with Crippen molar-refractivity contribution in [1.29, 1.82) is 0 Å². The predicted molar refractivity (Wildman–Crippen MR) is 52.4 cm³/mol. The molecule has 3 heteroatoms. The molecule has 0 fully saturated rings. The molecule has 1 aromatic carbocycles. The SMILES string of the molecule is O=C1OCCc2cc3ccccc3n21. The van der Waals surface area contributed by atoms with Gasteiger partial charge in [-0.2, -0.15) is 0 Å². The van der Waals surface area contributed by atoms with E-state index in [1.54, 1.807) is 4.57 Å². The van der Waals surface area contributed by atoms with Gasteiger partial charge in [0.05, 0.1) is 12.1 Å². The minimum atomic E-state index is -0.257. The number of fused-ring (bicyclic) bond motifs is 3. The van der Waals surface area contributed by atoms with Crippen LogP contribution in [0.15, 0.2) is 30.3 Å². The van der Waals surface area contributed by atoms with Crippen LogP contribution in [0.2, 0.25) is 0 Å².